The lowest BCUT2D eigenvalue weighted by Gasteiger charge is -2.14. The first kappa shape index (κ1) is 10.4. The molecule has 0 spiro atoms. The highest BCUT2D eigenvalue weighted by Crippen LogP contribution is 2.02. The summed E-state index contributed by atoms with van der Waals surface area (Å²) in [6.07, 6.45) is 9.50. The molecule has 4 nitrogen and oxygen atoms in total. The Bertz CT molecular complexity index is 292. The highest BCUT2D eigenvalue weighted by molar-refractivity contribution is 5.78. The van der Waals surface area contributed by atoms with Crippen molar-refractivity contribution in [3.63, 3.8) is 0 Å². The zero-order chi connectivity index (χ0) is 10.4. The molecule has 0 saturated carbocycles. The molecule has 76 valence electrons. The lowest BCUT2D eigenvalue weighted by atomic mass is 10.4. The Hall–Kier alpha value is -1.71. The fraction of sp³-hybridized carbons (Fsp3) is 0.300. The van der Waals surface area contributed by atoms with Crippen LogP contribution in [0.5, 0.6) is 0 Å². The van der Waals surface area contributed by atoms with Gasteiger partial charge in [-0.2, -0.15) is 0 Å². The first-order valence-electron chi connectivity index (χ1n) is 4.47. The van der Waals surface area contributed by atoms with Gasteiger partial charge < -0.3 is 15.5 Å². The van der Waals surface area contributed by atoms with E-state index in [1.165, 1.54) is 0 Å². The van der Waals surface area contributed by atoms with Crippen LogP contribution < -0.4 is 10.6 Å². The maximum atomic E-state index is 11.1. The molecule has 1 aliphatic heterocycles. The van der Waals surface area contributed by atoms with Crippen LogP contribution in [0.3, 0.4) is 0 Å². The quantitative estimate of drug-likeness (QED) is 0.672. The van der Waals surface area contributed by atoms with E-state index in [9.17, 15) is 4.79 Å². The largest absolute Gasteiger partial charge is 0.387 e. The summed E-state index contributed by atoms with van der Waals surface area (Å²) < 4.78 is 0. The monoisotopic (exact) mass is 193 g/mol. The van der Waals surface area contributed by atoms with Crippen LogP contribution >= 0.6 is 0 Å². The van der Waals surface area contributed by atoms with Gasteiger partial charge in [0.15, 0.2) is 0 Å². The van der Waals surface area contributed by atoms with Gasteiger partial charge in [0, 0.05) is 26.5 Å². The summed E-state index contributed by atoms with van der Waals surface area (Å²) in [6.45, 7) is 0.333. The van der Waals surface area contributed by atoms with Crippen molar-refractivity contribution in [2.24, 2.45) is 0 Å². The van der Waals surface area contributed by atoms with Crippen LogP contribution in [-0.4, -0.2) is 31.4 Å². The summed E-state index contributed by atoms with van der Waals surface area (Å²) in [6, 6.07) is 0. The summed E-state index contributed by atoms with van der Waals surface area (Å²) >= 11 is 0. The number of nitrogens with zero attached hydrogens (tertiary/aromatic N) is 1. The topological polar surface area (TPSA) is 44.4 Å². The third kappa shape index (κ3) is 2.97. The van der Waals surface area contributed by atoms with E-state index in [4.69, 9.17) is 0 Å². The second kappa shape index (κ2) is 5.11. The Morgan fingerprint density at radius 2 is 2.21 bits per heavy atom. The molecule has 2 N–H and O–H groups in total. The molecule has 0 atom stereocenters. The molecule has 0 unspecified atom stereocenters. The summed E-state index contributed by atoms with van der Waals surface area (Å²) in [5.41, 5.74) is 0.971. The molecule has 14 heavy (non-hydrogen) atoms. The lowest BCUT2D eigenvalue weighted by molar-refractivity contribution is -0.120. The molecule has 0 aromatic rings. The maximum absolute atomic E-state index is 11.1. The first-order valence-corrected chi connectivity index (χ1v) is 4.47. The van der Waals surface area contributed by atoms with Gasteiger partial charge in [-0.25, -0.2) is 0 Å². The van der Waals surface area contributed by atoms with Gasteiger partial charge in [0.25, 0.3) is 0 Å². The van der Waals surface area contributed by atoms with Crippen molar-refractivity contribution < 1.29 is 4.79 Å². The summed E-state index contributed by atoms with van der Waals surface area (Å²) in [5, 5.41) is 5.61. The van der Waals surface area contributed by atoms with Crippen molar-refractivity contribution in [1.29, 1.82) is 0 Å². The molecule has 1 amide bonds. The molecule has 4 heteroatoms. The maximum Gasteiger partial charge on any atom is 0.239 e. The van der Waals surface area contributed by atoms with E-state index < -0.39 is 0 Å². The van der Waals surface area contributed by atoms with Gasteiger partial charge in [-0.05, 0) is 12.2 Å². The van der Waals surface area contributed by atoms with Crippen molar-refractivity contribution >= 4 is 5.91 Å². The van der Waals surface area contributed by atoms with E-state index in [2.05, 4.69) is 10.6 Å². The number of carbonyl (C=O) groups is 1. The van der Waals surface area contributed by atoms with Crippen LogP contribution in [0.1, 0.15) is 0 Å². The molecule has 0 aliphatic carbocycles. The zero-order valence-corrected chi connectivity index (χ0v) is 8.45. The number of rotatable bonds is 3. The van der Waals surface area contributed by atoms with Gasteiger partial charge in [-0.3, -0.25) is 4.79 Å². The number of allylic oxidation sites excluding steroid dienone is 3. The van der Waals surface area contributed by atoms with E-state index in [1.807, 2.05) is 42.6 Å². The van der Waals surface area contributed by atoms with E-state index in [-0.39, 0.29) is 5.91 Å². The number of hydrogen-bond acceptors (Lipinski definition) is 3. The van der Waals surface area contributed by atoms with E-state index in [0.717, 1.165) is 5.70 Å². The molecule has 0 aromatic heterocycles. The zero-order valence-electron chi connectivity index (χ0n) is 8.45. The molecular formula is C10H15N3O. The predicted molar refractivity (Wildman–Crippen MR) is 56.2 cm³/mol. The Labute approximate surface area is 84.0 Å². The van der Waals surface area contributed by atoms with Gasteiger partial charge in [-0.15, -0.1) is 0 Å². The minimum atomic E-state index is -0.0109. The van der Waals surface area contributed by atoms with Gasteiger partial charge in [0.2, 0.25) is 5.91 Å². The summed E-state index contributed by atoms with van der Waals surface area (Å²) in [7, 11) is 3.48. The lowest BCUT2D eigenvalue weighted by Crippen LogP contribution is -2.30. The van der Waals surface area contributed by atoms with Gasteiger partial charge in [0.1, 0.15) is 6.54 Å². The van der Waals surface area contributed by atoms with E-state index in [0.29, 0.717) is 6.54 Å². The van der Waals surface area contributed by atoms with Crippen LogP contribution in [0.2, 0.25) is 0 Å². The third-order valence-electron chi connectivity index (χ3n) is 1.86. The Morgan fingerprint density at radius 3 is 2.86 bits per heavy atom. The fourth-order valence-electron chi connectivity index (χ4n) is 1.08. The molecule has 0 saturated heterocycles. The number of nitrogens with one attached hydrogen (secondary N) is 2. The summed E-state index contributed by atoms with van der Waals surface area (Å²) in [4.78, 5) is 13.0. The van der Waals surface area contributed by atoms with E-state index in [1.54, 1.807) is 7.05 Å². The average molecular weight is 193 g/mol. The van der Waals surface area contributed by atoms with Gasteiger partial charge in [-0.1, -0.05) is 6.08 Å². The second-order valence-corrected chi connectivity index (χ2v) is 2.88. The van der Waals surface area contributed by atoms with Crippen molar-refractivity contribution in [3.05, 3.63) is 36.3 Å². The SMILES string of the molecule is CNC(=O)CN1C=CC=CC(NC)=C1. The van der Waals surface area contributed by atoms with Crippen molar-refractivity contribution in [1.82, 2.24) is 15.5 Å². The second-order valence-electron chi connectivity index (χ2n) is 2.88. The molecule has 0 fully saturated rings. The van der Waals surface area contributed by atoms with Crippen molar-refractivity contribution in [2.75, 3.05) is 20.6 Å². The Morgan fingerprint density at radius 1 is 1.43 bits per heavy atom. The van der Waals surface area contributed by atoms with Crippen LogP contribution in [0.4, 0.5) is 0 Å². The number of likely N-dealkylation sites (N-methyl/N-ethyl adjacent to an activating group) is 2. The molecule has 1 rings (SSSR count). The molecule has 1 heterocycles. The molecule has 0 radical (unpaired) electrons. The smallest absolute Gasteiger partial charge is 0.239 e. The van der Waals surface area contributed by atoms with Gasteiger partial charge >= 0.3 is 0 Å². The average Bonchev–Trinajstić information content (AvgIpc) is 2.42. The van der Waals surface area contributed by atoms with Crippen LogP contribution in [-0.2, 0) is 4.79 Å². The number of amides is 1. The Balaban J connectivity index is 2.65. The third-order valence-corrected chi connectivity index (χ3v) is 1.86. The van der Waals surface area contributed by atoms with E-state index >= 15 is 0 Å². The number of hydrogen-bond donors (Lipinski definition) is 2. The highest BCUT2D eigenvalue weighted by atomic mass is 16.1. The summed E-state index contributed by atoms with van der Waals surface area (Å²) in [5.74, 6) is -0.0109. The molecular weight excluding hydrogens is 178 g/mol. The van der Waals surface area contributed by atoms with Gasteiger partial charge in [0.05, 0.1) is 5.70 Å². The predicted octanol–water partition coefficient (Wildman–Crippen LogP) is 0.179. The van der Waals surface area contributed by atoms with Crippen LogP contribution in [0.25, 0.3) is 0 Å². The first-order chi connectivity index (χ1) is 6.76. The Kier molecular flexibility index (Phi) is 3.79. The van der Waals surface area contributed by atoms with Crippen molar-refractivity contribution in [3.8, 4) is 0 Å². The fourth-order valence-corrected chi connectivity index (χ4v) is 1.08. The van der Waals surface area contributed by atoms with Crippen LogP contribution in [0, 0.1) is 0 Å². The molecule has 1 aliphatic rings. The molecule has 0 bridgehead atoms. The standard InChI is InChI=1S/C10H15N3O/c1-11-9-5-3-4-6-13(7-9)8-10(14)12-2/h3-7,11H,8H2,1-2H3,(H,12,14). The van der Waals surface area contributed by atoms with Crippen LogP contribution in [0.15, 0.2) is 36.3 Å². The molecule has 0 aromatic carbocycles. The highest BCUT2D eigenvalue weighted by Gasteiger charge is 2.04. The van der Waals surface area contributed by atoms with Crippen molar-refractivity contribution in [2.45, 2.75) is 0 Å². The number of carbonyl (C=O) groups excluding carboxylic acids is 1. The minimum absolute atomic E-state index is 0.0109. The normalized spacial score (nSPS) is 14.7. The minimum Gasteiger partial charge on any atom is -0.387 e.